The highest BCUT2D eigenvalue weighted by atomic mass is 16.2. The minimum absolute atomic E-state index is 0.0815. The Hall–Kier alpha value is -2.68. The number of hydrogen-bond donors (Lipinski definition) is 1. The lowest BCUT2D eigenvalue weighted by atomic mass is 10.2. The first-order valence-electron chi connectivity index (χ1n) is 6.15. The summed E-state index contributed by atoms with van der Waals surface area (Å²) < 4.78 is 0. The molecule has 6 heteroatoms. The number of amides is 1. The summed E-state index contributed by atoms with van der Waals surface area (Å²) in [5, 5.41) is 9.24. The number of pyridine rings is 1. The first kappa shape index (κ1) is 13.7. The van der Waals surface area contributed by atoms with Gasteiger partial charge in [-0.25, -0.2) is 4.98 Å². The minimum atomic E-state index is -0.194. The molecular formula is C14H14N4O2. The van der Waals surface area contributed by atoms with Gasteiger partial charge in [-0.15, -0.1) is 0 Å². The van der Waals surface area contributed by atoms with Crippen molar-refractivity contribution in [3.05, 3.63) is 29.6 Å². The Morgan fingerprint density at radius 2 is 2.20 bits per heavy atom. The zero-order valence-electron chi connectivity index (χ0n) is 11.3. The number of H-pyrrole nitrogens is 1. The van der Waals surface area contributed by atoms with E-state index in [4.69, 9.17) is 5.26 Å². The van der Waals surface area contributed by atoms with E-state index >= 15 is 0 Å². The third kappa shape index (κ3) is 2.67. The predicted molar refractivity (Wildman–Crippen MR) is 73.3 cm³/mol. The van der Waals surface area contributed by atoms with Crippen LogP contribution in [0, 0.1) is 11.3 Å². The van der Waals surface area contributed by atoms with Crippen LogP contribution in [0.15, 0.2) is 18.3 Å². The van der Waals surface area contributed by atoms with Crippen molar-refractivity contribution < 1.29 is 9.59 Å². The van der Waals surface area contributed by atoms with E-state index < -0.39 is 0 Å². The molecule has 2 heterocycles. The molecule has 0 fully saturated rings. The quantitative estimate of drug-likeness (QED) is 0.857. The van der Waals surface area contributed by atoms with Crippen LogP contribution in [0.2, 0.25) is 0 Å². The molecule has 20 heavy (non-hydrogen) atoms. The lowest BCUT2D eigenvalue weighted by Gasteiger charge is -2.14. The molecular weight excluding hydrogens is 256 g/mol. The van der Waals surface area contributed by atoms with Crippen molar-refractivity contribution in [3.8, 4) is 6.07 Å². The highest BCUT2D eigenvalue weighted by Crippen LogP contribution is 2.16. The van der Waals surface area contributed by atoms with Crippen molar-refractivity contribution in [1.82, 2.24) is 14.9 Å². The summed E-state index contributed by atoms with van der Waals surface area (Å²) in [5.41, 5.74) is 1.48. The van der Waals surface area contributed by atoms with Gasteiger partial charge in [0.2, 0.25) is 0 Å². The molecule has 0 aliphatic rings. The van der Waals surface area contributed by atoms with Crippen molar-refractivity contribution in [2.24, 2.45) is 0 Å². The fraction of sp³-hybridized carbons (Fsp3) is 0.286. The summed E-state index contributed by atoms with van der Waals surface area (Å²) >= 11 is 0. The van der Waals surface area contributed by atoms with Crippen LogP contribution in [0.1, 0.15) is 34.2 Å². The van der Waals surface area contributed by atoms with Gasteiger partial charge in [-0.3, -0.25) is 9.59 Å². The van der Waals surface area contributed by atoms with Gasteiger partial charge < -0.3 is 9.88 Å². The molecule has 6 nitrogen and oxygen atoms in total. The van der Waals surface area contributed by atoms with Crippen molar-refractivity contribution >= 4 is 22.7 Å². The molecule has 0 atom stereocenters. The van der Waals surface area contributed by atoms with Crippen molar-refractivity contribution in [1.29, 1.82) is 5.26 Å². The zero-order valence-corrected chi connectivity index (χ0v) is 11.3. The van der Waals surface area contributed by atoms with Gasteiger partial charge >= 0.3 is 0 Å². The maximum atomic E-state index is 12.1. The highest BCUT2D eigenvalue weighted by Gasteiger charge is 2.14. The number of nitrogens with one attached hydrogen (secondary N) is 1. The van der Waals surface area contributed by atoms with Crippen LogP contribution in [0.4, 0.5) is 0 Å². The van der Waals surface area contributed by atoms with Crippen LogP contribution in [0.25, 0.3) is 11.0 Å². The summed E-state index contributed by atoms with van der Waals surface area (Å²) in [4.78, 5) is 32.0. The molecule has 2 aromatic heterocycles. The number of fused-ring (bicyclic) bond motifs is 1. The Kier molecular flexibility index (Phi) is 3.80. The Morgan fingerprint density at radius 3 is 2.85 bits per heavy atom. The molecule has 2 aromatic rings. The third-order valence-electron chi connectivity index (χ3n) is 3.00. The number of Topliss-reactive ketones (excluding diaryl/α,β-unsaturated/α-hetero) is 1. The fourth-order valence-corrected chi connectivity index (χ4v) is 1.86. The van der Waals surface area contributed by atoms with Crippen LogP contribution in [-0.4, -0.2) is 40.2 Å². The normalized spacial score (nSPS) is 10.2. The van der Waals surface area contributed by atoms with E-state index in [2.05, 4.69) is 9.97 Å². The van der Waals surface area contributed by atoms with E-state index in [1.165, 1.54) is 18.0 Å². The molecule has 0 unspecified atom stereocenters. The van der Waals surface area contributed by atoms with Crippen LogP contribution in [-0.2, 0) is 0 Å². The monoisotopic (exact) mass is 270 g/mol. The molecule has 0 saturated heterocycles. The molecule has 0 aliphatic carbocycles. The van der Waals surface area contributed by atoms with E-state index in [-0.39, 0.29) is 18.1 Å². The first-order chi connectivity index (χ1) is 9.52. The van der Waals surface area contributed by atoms with Gasteiger partial charge in [-0.05, 0) is 12.1 Å². The molecule has 0 bridgehead atoms. The van der Waals surface area contributed by atoms with Gasteiger partial charge in [0.15, 0.2) is 5.78 Å². The topological polar surface area (TPSA) is 89.8 Å². The number of carbonyl (C=O) groups is 2. The summed E-state index contributed by atoms with van der Waals surface area (Å²) in [6.07, 6.45) is 1.75. The van der Waals surface area contributed by atoms with Gasteiger partial charge in [0.05, 0.1) is 23.7 Å². The fourth-order valence-electron chi connectivity index (χ4n) is 1.86. The molecule has 0 spiro atoms. The molecule has 0 radical (unpaired) electrons. The average molecular weight is 270 g/mol. The zero-order chi connectivity index (χ0) is 14.7. The maximum Gasteiger partial charge on any atom is 0.255 e. The van der Waals surface area contributed by atoms with E-state index in [9.17, 15) is 9.59 Å². The molecule has 102 valence electrons. The molecule has 0 aromatic carbocycles. The summed E-state index contributed by atoms with van der Waals surface area (Å²) in [7, 11) is 1.64. The van der Waals surface area contributed by atoms with Crippen LogP contribution in [0.5, 0.6) is 0 Å². The number of nitriles is 1. The van der Waals surface area contributed by atoms with E-state index in [0.29, 0.717) is 23.4 Å². The number of rotatable bonds is 4. The van der Waals surface area contributed by atoms with E-state index in [0.717, 1.165) is 5.39 Å². The summed E-state index contributed by atoms with van der Waals surface area (Å²) in [5.74, 6) is -0.276. The Balaban J connectivity index is 2.29. The third-order valence-corrected chi connectivity index (χ3v) is 3.00. The summed E-state index contributed by atoms with van der Waals surface area (Å²) in [6.45, 7) is 1.84. The molecule has 2 rings (SSSR count). The predicted octanol–water partition coefficient (Wildman–Crippen LogP) is 1.75. The minimum Gasteiger partial charge on any atom is -0.341 e. The highest BCUT2D eigenvalue weighted by molar-refractivity contribution is 6.00. The van der Waals surface area contributed by atoms with Crippen molar-refractivity contribution in [2.45, 2.75) is 13.3 Å². The van der Waals surface area contributed by atoms with Crippen molar-refractivity contribution in [3.63, 3.8) is 0 Å². The van der Waals surface area contributed by atoms with Crippen LogP contribution in [0.3, 0.4) is 0 Å². The number of carbonyl (C=O) groups excluding carboxylic acids is 2. The van der Waals surface area contributed by atoms with Crippen LogP contribution >= 0.6 is 0 Å². The summed E-state index contributed by atoms with van der Waals surface area (Å²) in [6, 6.07) is 5.37. The van der Waals surface area contributed by atoms with Gasteiger partial charge in [0, 0.05) is 32.1 Å². The maximum absolute atomic E-state index is 12.1. The second kappa shape index (κ2) is 5.53. The smallest absolute Gasteiger partial charge is 0.255 e. The lowest BCUT2D eigenvalue weighted by molar-refractivity contribution is 0.0797. The molecule has 1 amide bonds. The molecule has 0 saturated carbocycles. The standard InChI is InChI=1S/C14H14N4O2/c1-9(19)12-7-10-6-11(8-16-13(10)17-12)14(20)18(2)5-3-4-15/h6-8H,3,5H2,1-2H3,(H,16,17). The van der Waals surface area contributed by atoms with Crippen LogP contribution < -0.4 is 0 Å². The number of hydrogen-bond acceptors (Lipinski definition) is 4. The second-order valence-corrected chi connectivity index (χ2v) is 4.54. The second-order valence-electron chi connectivity index (χ2n) is 4.54. The number of ketones is 1. The van der Waals surface area contributed by atoms with Gasteiger partial charge in [-0.1, -0.05) is 0 Å². The van der Waals surface area contributed by atoms with Crippen molar-refractivity contribution in [2.75, 3.05) is 13.6 Å². The average Bonchev–Trinajstić information content (AvgIpc) is 2.87. The SMILES string of the molecule is CC(=O)c1cc2cc(C(=O)N(C)CCC#N)cnc2[nH]1. The first-order valence-corrected chi connectivity index (χ1v) is 6.15. The lowest BCUT2D eigenvalue weighted by Crippen LogP contribution is -2.27. The van der Waals surface area contributed by atoms with E-state index in [1.807, 2.05) is 6.07 Å². The molecule has 1 N–H and O–H groups in total. The van der Waals surface area contributed by atoms with Gasteiger partial charge in [0.1, 0.15) is 5.65 Å². The van der Waals surface area contributed by atoms with E-state index in [1.54, 1.807) is 19.2 Å². The number of nitrogens with zero attached hydrogens (tertiary/aromatic N) is 3. The number of aromatic nitrogens is 2. The number of aromatic amines is 1. The Bertz CT molecular complexity index is 712. The Morgan fingerprint density at radius 1 is 1.45 bits per heavy atom. The largest absolute Gasteiger partial charge is 0.341 e. The molecule has 0 aliphatic heterocycles. The van der Waals surface area contributed by atoms with Gasteiger partial charge in [-0.2, -0.15) is 5.26 Å². The van der Waals surface area contributed by atoms with Gasteiger partial charge in [0.25, 0.3) is 5.91 Å². The Labute approximate surface area is 116 Å².